The maximum atomic E-state index is 12.1. The molecular formula is C14H4N2O8. The van der Waals surface area contributed by atoms with Gasteiger partial charge in [-0.2, -0.15) is 0 Å². The average Bonchev–Trinajstić information content (AvgIpc) is 2.57. The SMILES string of the molecule is O=Nc1c(NO)cc2c(=O)oc3c(=O)c(=O)cc4c(=O)oc1c2c43. The highest BCUT2D eigenvalue weighted by molar-refractivity contribution is 6.22. The Bertz CT molecular complexity index is 1380. The normalized spacial score (nSPS) is 11.5. The van der Waals surface area contributed by atoms with Crippen molar-refractivity contribution in [1.29, 1.82) is 0 Å². The molecule has 0 aliphatic carbocycles. The number of rotatable bonds is 2. The summed E-state index contributed by atoms with van der Waals surface area (Å²) in [6, 6.07) is 1.83. The highest BCUT2D eigenvalue weighted by Crippen LogP contribution is 2.39. The number of nitrogens with zero attached hydrogens (tertiary/aromatic N) is 1. The van der Waals surface area contributed by atoms with E-state index in [9.17, 15) is 24.1 Å². The van der Waals surface area contributed by atoms with E-state index in [1.54, 1.807) is 5.48 Å². The number of anilines is 1. The molecule has 0 aliphatic heterocycles. The molecule has 2 N–H and O–H groups in total. The Labute approximate surface area is 128 Å². The van der Waals surface area contributed by atoms with Gasteiger partial charge in [0.1, 0.15) is 0 Å². The molecule has 0 unspecified atom stereocenters. The smallest absolute Gasteiger partial charge is 0.344 e. The lowest BCUT2D eigenvalue weighted by atomic mass is 10.0. The van der Waals surface area contributed by atoms with Gasteiger partial charge < -0.3 is 8.83 Å². The Kier molecular flexibility index (Phi) is 2.58. The fraction of sp³-hybridized carbons (Fsp3) is 0. The van der Waals surface area contributed by atoms with Crippen LogP contribution in [0.25, 0.3) is 32.7 Å². The zero-order valence-electron chi connectivity index (χ0n) is 11.4. The summed E-state index contributed by atoms with van der Waals surface area (Å²) in [5.41, 5.74) is -4.30. The maximum absolute atomic E-state index is 12.1. The third-order valence-corrected chi connectivity index (χ3v) is 3.75. The molecule has 0 amide bonds. The van der Waals surface area contributed by atoms with E-state index >= 15 is 0 Å². The predicted octanol–water partition coefficient (Wildman–Crippen LogP) is 0.848. The van der Waals surface area contributed by atoms with Crippen LogP contribution in [-0.2, 0) is 0 Å². The van der Waals surface area contributed by atoms with Gasteiger partial charge >= 0.3 is 11.3 Å². The fourth-order valence-corrected chi connectivity index (χ4v) is 2.75. The molecule has 0 spiro atoms. The van der Waals surface area contributed by atoms with E-state index in [1.165, 1.54) is 0 Å². The first-order chi connectivity index (χ1) is 11.5. The second-order valence-corrected chi connectivity index (χ2v) is 4.96. The molecule has 118 valence electrons. The van der Waals surface area contributed by atoms with Crippen LogP contribution in [0.1, 0.15) is 0 Å². The Balaban J connectivity index is 2.55. The van der Waals surface area contributed by atoms with E-state index in [4.69, 9.17) is 14.0 Å². The summed E-state index contributed by atoms with van der Waals surface area (Å²) in [5, 5.41) is 11.1. The van der Waals surface area contributed by atoms with E-state index in [-0.39, 0.29) is 27.2 Å². The number of hydrogen-bond acceptors (Lipinski definition) is 10. The van der Waals surface area contributed by atoms with E-state index < -0.39 is 39.0 Å². The van der Waals surface area contributed by atoms with Crippen molar-refractivity contribution in [2.75, 3.05) is 5.48 Å². The number of nitroso groups, excluding NO2 is 1. The van der Waals surface area contributed by atoms with E-state index in [0.29, 0.717) is 0 Å². The third kappa shape index (κ3) is 1.51. The van der Waals surface area contributed by atoms with Crippen LogP contribution in [0.5, 0.6) is 0 Å². The van der Waals surface area contributed by atoms with Gasteiger partial charge in [-0.25, -0.2) is 9.59 Å². The maximum Gasteiger partial charge on any atom is 0.344 e. The monoisotopic (exact) mass is 328 g/mol. The number of hydrogen-bond donors (Lipinski definition) is 2. The summed E-state index contributed by atoms with van der Waals surface area (Å²) >= 11 is 0. The number of benzene rings is 2. The van der Waals surface area contributed by atoms with Crippen LogP contribution in [0.4, 0.5) is 11.4 Å². The second kappa shape index (κ2) is 4.43. The zero-order chi connectivity index (χ0) is 17.2. The molecule has 24 heavy (non-hydrogen) atoms. The highest BCUT2D eigenvalue weighted by atomic mass is 16.5. The van der Waals surface area contributed by atoms with Crippen molar-refractivity contribution in [3.63, 3.8) is 0 Å². The van der Waals surface area contributed by atoms with Crippen LogP contribution in [0.2, 0.25) is 0 Å². The van der Waals surface area contributed by atoms with Crippen LogP contribution in [0.15, 0.2) is 45.3 Å². The van der Waals surface area contributed by atoms with E-state index in [0.717, 1.165) is 12.1 Å². The van der Waals surface area contributed by atoms with Crippen LogP contribution in [0, 0.1) is 4.91 Å². The van der Waals surface area contributed by atoms with E-state index in [1.807, 2.05) is 0 Å². The molecule has 0 fully saturated rings. The van der Waals surface area contributed by atoms with Crippen molar-refractivity contribution in [3.05, 3.63) is 58.3 Å². The Hall–Kier alpha value is -3.66. The fourth-order valence-electron chi connectivity index (χ4n) is 2.75. The molecule has 2 aromatic carbocycles. The van der Waals surface area contributed by atoms with Crippen molar-refractivity contribution < 1.29 is 14.0 Å². The van der Waals surface area contributed by atoms with Crippen molar-refractivity contribution in [3.8, 4) is 0 Å². The van der Waals surface area contributed by atoms with Crippen molar-refractivity contribution in [2.24, 2.45) is 5.18 Å². The Morgan fingerprint density at radius 2 is 1.50 bits per heavy atom. The predicted molar refractivity (Wildman–Crippen MR) is 81.8 cm³/mol. The topological polar surface area (TPSA) is 156 Å². The molecule has 4 rings (SSSR count). The van der Waals surface area contributed by atoms with Crippen LogP contribution >= 0.6 is 0 Å². The number of nitrogens with one attached hydrogen (secondary N) is 1. The summed E-state index contributed by atoms with van der Waals surface area (Å²) < 4.78 is 9.89. The molecule has 10 nitrogen and oxygen atoms in total. The first-order valence-corrected chi connectivity index (χ1v) is 6.42. The van der Waals surface area contributed by atoms with Crippen molar-refractivity contribution in [1.82, 2.24) is 0 Å². The summed E-state index contributed by atoms with van der Waals surface area (Å²) in [5.74, 6) is 0. The standard InChI is InChI=1S/C14H4N2O8/c17-6-2-4-8-7-3(13(19)24-12(8)10(6)18)1-5(15-21)9(16-22)11(7)23-14(4)20/h1-2,15,21H. The molecule has 0 saturated carbocycles. The van der Waals surface area contributed by atoms with Gasteiger partial charge in [0.25, 0.3) is 5.43 Å². The molecule has 0 aliphatic rings. The highest BCUT2D eigenvalue weighted by Gasteiger charge is 2.24. The minimum absolute atomic E-state index is 0.0680. The third-order valence-electron chi connectivity index (χ3n) is 3.75. The Morgan fingerprint density at radius 1 is 0.917 bits per heavy atom. The zero-order valence-corrected chi connectivity index (χ0v) is 11.4. The van der Waals surface area contributed by atoms with Gasteiger partial charge in [0, 0.05) is 16.8 Å². The van der Waals surface area contributed by atoms with Gasteiger partial charge in [-0.05, 0) is 11.2 Å². The molecule has 4 aromatic rings. The van der Waals surface area contributed by atoms with Gasteiger partial charge in [-0.15, -0.1) is 4.91 Å². The van der Waals surface area contributed by atoms with Crippen LogP contribution < -0.4 is 27.6 Å². The lowest BCUT2D eigenvalue weighted by molar-refractivity contribution is 0.389. The second-order valence-electron chi connectivity index (χ2n) is 4.96. The van der Waals surface area contributed by atoms with Gasteiger partial charge in [0.2, 0.25) is 5.43 Å². The minimum atomic E-state index is -1.10. The van der Waals surface area contributed by atoms with Gasteiger partial charge in [0.05, 0.1) is 16.5 Å². The molecule has 0 atom stereocenters. The quantitative estimate of drug-likeness (QED) is 0.179. The van der Waals surface area contributed by atoms with Crippen LogP contribution in [-0.4, -0.2) is 5.21 Å². The van der Waals surface area contributed by atoms with E-state index in [2.05, 4.69) is 5.18 Å². The molecule has 0 bridgehead atoms. The average molecular weight is 328 g/mol. The molecule has 2 aromatic heterocycles. The Morgan fingerprint density at radius 3 is 2.12 bits per heavy atom. The largest absolute Gasteiger partial charge is 0.420 e. The molecule has 2 heterocycles. The minimum Gasteiger partial charge on any atom is -0.420 e. The van der Waals surface area contributed by atoms with Gasteiger partial charge in [-0.1, -0.05) is 0 Å². The first kappa shape index (κ1) is 14.0. The van der Waals surface area contributed by atoms with Crippen LogP contribution in [0.3, 0.4) is 0 Å². The molecular weight excluding hydrogens is 324 g/mol. The molecule has 0 saturated heterocycles. The molecule has 10 heteroatoms. The van der Waals surface area contributed by atoms with Crippen molar-refractivity contribution in [2.45, 2.75) is 0 Å². The lowest BCUT2D eigenvalue weighted by Crippen LogP contribution is -2.25. The lowest BCUT2D eigenvalue weighted by Gasteiger charge is -2.10. The summed E-state index contributed by atoms with van der Waals surface area (Å²) in [4.78, 5) is 58.9. The summed E-state index contributed by atoms with van der Waals surface area (Å²) in [6.45, 7) is 0. The van der Waals surface area contributed by atoms with Gasteiger partial charge in [-0.3, -0.25) is 20.3 Å². The molecule has 0 radical (unpaired) electrons. The van der Waals surface area contributed by atoms with Gasteiger partial charge in [0.15, 0.2) is 16.9 Å². The van der Waals surface area contributed by atoms with Crippen molar-refractivity contribution >= 4 is 44.1 Å². The summed E-state index contributed by atoms with van der Waals surface area (Å²) in [7, 11) is 0. The summed E-state index contributed by atoms with van der Waals surface area (Å²) in [6.07, 6.45) is 0. The first-order valence-electron chi connectivity index (χ1n) is 6.42.